The average Bonchev–Trinajstić information content (AvgIpc) is 3.21. The maximum Gasteiger partial charge on any atom is 0.455 e. The minimum Gasteiger partial charge on any atom is -0.507 e. The molecule has 3 amide bonds. The van der Waals surface area contributed by atoms with Gasteiger partial charge >= 0.3 is 13.2 Å². The number of allylic oxidation sites excluding steroid dienone is 2. The van der Waals surface area contributed by atoms with Gasteiger partial charge in [-0.1, -0.05) is 67.8 Å². The fourth-order valence-electron chi connectivity index (χ4n) is 6.93. The topological polar surface area (TPSA) is 113 Å². The molecule has 0 bridgehead atoms. The van der Waals surface area contributed by atoms with Crippen molar-refractivity contribution in [1.29, 1.82) is 0 Å². The first-order valence-electron chi connectivity index (χ1n) is 14.2. The van der Waals surface area contributed by atoms with Crippen LogP contribution in [0.15, 0.2) is 53.1 Å². The van der Waals surface area contributed by atoms with E-state index < -0.39 is 43.0 Å². The lowest BCUT2D eigenvalue weighted by Gasteiger charge is -2.43. The van der Waals surface area contributed by atoms with Gasteiger partial charge in [-0.15, -0.1) is 0 Å². The van der Waals surface area contributed by atoms with Crippen LogP contribution in [0, 0.1) is 17.8 Å². The average molecular weight is 545 g/mol. The van der Waals surface area contributed by atoms with Crippen molar-refractivity contribution in [2.45, 2.75) is 64.8 Å². The van der Waals surface area contributed by atoms with E-state index in [1.807, 2.05) is 37.3 Å². The number of methoxy groups -OCH3 is 1. The van der Waals surface area contributed by atoms with Crippen LogP contribution in [0.25, 0.3) is 16.8 Å². The number of phenols is 1. The summed E-state index contributed by atoms with van der Waals surface area (Å²) in [6.45, 7) is 4.16. The summed E-state index contributed by atoms with van der Waals surface area (Å²) in [5.74, 6) is -2.50. The number of carbonyl (C=O) groups is 3. The van der Waals surface area contributed by atoms with Crippen LogP contribution in [0.3, 0.4) is 0 Å². The molecule has 8 nitrogen and oxygen atoms in total. The molecule has 2 saturated heterocycles. The van der Waals surface area contributed by atoms with Crippen molar-refractivity contribution in [2.24, 2.45) is 17.8 Å². The summed E-state index contributed by atoms with van der Waals surface area (Å²) in [4.78, 5) is 39.3. The second-order valence-corrected chi connectivity index (χ2v) is 11.0. The SMILES string of the molecule is CCC/C(=C\c1ccc(O)c2ccccc12)CC[C@H]1OB(O)C[C@H]2C1=C(CC)C[C@H]1C(=O)N(C(=O)OC)C(=O)[C@H]12. The van der Waals surface area contributed by atoms with Crippen molar-refractivity contribution in [3.05, 3.63) is 58.7 Å². The van der Waals surface area contributed by atoms with Gasteiger partial charge in [0.15, 0.2) is 0 Å². The molecule has 2 aliphatic heterocycles. The van der Waals surface area contributed by atoms with Gasteiger partial charge in [-0.2, -0.15) is 4.90 Å². The Balaban J connectivity index is 1.44. The van der Waals surface area contributed by atoms with Gasteiger partial charge in [0.1, 0.15) is 5.75 Å². The van der Waals surface area contributed by atoms with Gasteiger partial charge in [-0.3, -0.25) is 9.59 Å². The van der Waals surface area contributed by atoms with Crippen LogP contribution < -0.4 is 0 Å². The van der Waals surface area contributed by atoms with E-state index in [-0.39, 0.29) is 18.0 Å². The zero-order valence-corrected chi connectivity index (χ0v) is 23.3. The number of phenolic OH excluding ortho intramolecular Hbond substituents is 1. The van der Waals surface area contributed by atoms with Crippen molar-refractivity contribution < 1.29 is 33.9 Å². The van der Waals surface area contributed by atoms with Crippen LogP contribution >= 0.6 is 0 Å². The summed E-state index contributed by atoms with van der Waals surface area (Å²) in [6.07, 6.45) is 5.34. The second kappa shape index (κ2) is 11.6. The molecule has 3 aliphatic rings. The van der Waals surface area contributed by atoms with Crippen LogP contribution in [0.2, 0.25) is 6.32 Å². The lowest BCUT2D eigenvalue weighted by Crippen LogP contribution is -2.46. The number of imide groups is 3. The first kappa shape index (κ1) is 28.1. The Hall–Kier alpha value is -3.43. The van der Waals surface area contributed by atoms with E-state index in [0.29, 0.717) is 24.2 Å². The van der Waals surface area contributed by atoms with E-state index in [1.165, 1.54) is 5.57 Å². The predicted molar refractivity (Wildman–Crippen MR) is 152 cm³/mol. The van der Waals surface area contributed by atoms with Crippen LogP contribution in [-0.4, -0.2) is 53.3 Å². The third-order valence-electron chi connectivity index (χ3n) is 8.69. The van der Waals surface area contributed by atoms with E-state index in [0.717, 1.165) is 53.9 Å². The van der Waals surface area contributed by atoms with E-state index >= 15 is 0 Å². The molecule has 2 aromatic rings. The molecule has 5 rings (SSSR count). The van der Waals surface area contributed by atoms with Crippen molar-refractivity contribution in [3.8, 4) is 5.75 Å². The Bertz CT molecular complexity index is 1400. The standard InChI is InChI=1S/C31H36BNO7/c1-4-8-18(15-20-12-13-25(34)22-10-7-6-9-21(20)22)11-14-26-27-19(5-2)16-23-28(24(27)17-32(38)40-26)30(36)33(29(23)35)31(37)39-3/h6-7,9-10,12-13,15,23-24,26,28,34,38H,4-5,8,11,14,16-17H2,1-3H3/b18-15+/t23-,24+,26-,28-/m1/s1. The molecule has 0 radical (unpaired) electrons. The number of rotatable bonds is 7. The van der Waals surface area contributed by atoms with Crippen LogP contribution in [-0.2, 0) is 19.0 Å². The number of ether oxygens (including phenoxy) is 1. The van der Waals surface area contributed by atoms with Gasteiger partial charge in [-0.25, -0.2) is 4.79 Å². The number of nitrogens with zero attached hydrogens (tertiary/aromatic N) is 1. The Kier molecular flexibility index (Phi) is 8.15. The quantitative estimate of drug-likeness (QED) is 0.269. The van der Waals surface area contributed by atoms with E-state index in [4.69, 9.17) is 9.39 Å². The van der Waals surface area contributed by atoms with Crippen LogP contribution in [0.4, 0.5) is 4.79 Å². The molecule has 4 atom stereocenters. The number of carbonyl (C=O) groups excluding carboxylic acids is 3. The van der Waals surface area contributed by atoms with Gasteiger partial charge in [-0.05, 0) is 66.9 Å². The molecule has 1 aliphatic carbocycles. The molecule has 0 aromatic heterocycles. The minimum atomic E-state index is -1.06. The number of likely N-dealkylation sites (tertiary alicyclic amines) is 1. The number of fused-ring (bicyclic) bond motifs is 4. The highest BCUT2D eigenvalue weighted by molar-refractivity contribution is 6.43. The van der Waals surface area contributed by atoms with Crippen LogP contribution in [0.1, 0.15) is 57.9 Å². The van der Waals surface area contributed by atoms with Crippen molar-refractivity contribution in [2.75, 3.05) is 7.11 Å². The molecular weight excluding hydrogens is 509 g/mol. The lowest BCUT2D eigenvalue weighted by atomic mass is 9.58. The first-order valence-corrected chi connectivity index (χ1v) is 14.2. The molecule has 0 saturated carbocycles. The molecule has 2 heterocycles. The number of benzene rings is 2. The monoisotopic (exact) mass is 545 g/mol. The predicted octanol–water partition coefficient (Wildman–Crippen LogP) is 5.48. The highest BCUT2D eigenvalue weighted by atomic mass is 16.5. The summed E-state index contributed by atoms with van der Waals surface area (Å²) in [7, 11) is 0.0909. The molecule has 0 spiro atoms. The molecule has 210 valence electrons. The summed E-state index contributed by atoms with van der Waals surface area (Å²) in [6, 6.07) is 11.4. The third-order valence-corrected chi connectivity index (χ3v) is 8.69. The molecule has 40 heavy (non-hydrogen) atoms. The lowest BCUT2D eigenvalue weighted by molar-refractivity contribution is -0.137. The first-order chi connectivity index (χ1) is 19.3. The van der Waals surface area contributed by atoms with Crippen molar-refractivity contribution in [1.82, 2.24) is 4.90 Å². The molecule has 9 heteroatoms. The number of aromatic hydroxyl groups is 1. The second-order valence-electron chi connectivity index (χ2n) is 11.0. The van der Waals surface area contributed by atoms with E-state index in [1.54, 1.807) is 6.07 Å². The zero-order valence-electron chi connectivity index (χ0n) is 23.3. The molecule has 0 unspecified atom stereocenters. The normalized spacial score (nSPS) is 24.9. The maximum absolute atomic E-state index is 13.3. The van der Waals surface area contributed by atoms with Gasteiger partial charge < -0.3 is 19.5 Å². The van der Waals surface area contributed by atoms with E-state index in [9.17, 15) is 24.5 Å². The highest BCUT2D eigenvalue weighted by Crippen LogP contribution is 2.51. The van der Waals surface area contributed by atoms with Gasteiger partial charge in [0.2, 0.25) is 11.8 Å². The maximum atomic E-state index is 13.3. The van der Waals surface area contributed by atoms with Gasteiger partial charge in [0.05, 0.1) is 25.0 Å². The Morgan fingerprint density at radius 3 is 2.55 bits per heavy atom. The van der Waals surface area contributed by atoms with E-state index in [2.05, 4.69) is 13.0 Å². The number of hydrogen-bond donors (Lipinski definition) is 2. The fraction of sp³-hybridized carbons (Fsp3) is 0.452. The van der Waals surface area contributed by atoms with Gasteiger partial charge in [0.25, 0.3) is 0 Å². The summed E-state index contributed by atoms with van der Waals surface area (Å²) in [5.41, 5.74) is 4.34. The molecule has 2 fully saturated rings. The molecule has 2 aromatic carbocycles. The fourth-order valence-corrected chi connectivity index (χ4v) is 6.93. The molecular formula is C31H36BNO7. The summed E-state index contributed by atoms with van der Waals surface area (Å²) >= 11 is 0. The zero-order chi connectivity index (χ0) is 28.6. The smallest absolute Gasteiger partial charge is 0.455 e. The summed E-state index contributed by atoms with van der Waals surface area (Å²) in [5, 5.41) is 22.8. The number of hydrogen-bond acceptors (Lipinski definition) is 7. The largest absolute Gasteiger partial charge is 0.507 e. The summed E-state index contributed by atoms with van der Waals surface area (Å²) < 4.78 is 10.8. The minimum absolute atomic E-state index is 0.210. The van der Waals surface area contributed by atoms with Crippen molar-refractivity contribution >= 4 is 41.9 Å². The Morgan fingerprint density at radius 1 is 1.10 bits per heavy atom. The Morgan fingerprint density at radius 2 is 1.85 bits per heavy atom. The third kappa shape index (κ3) is 4.97. The van der Waals surface area contributed by atoms with Gasteiger partial charge in [0, 0.05) is 5.39 Å². The highest BCUT2D eigenvalue weighted by Gasteiger charge is 2.59. The molecule has 2 N–H and O–H groups in total. The Labute approximate surface area is 234 Å². The van der Waals surface area contributed by atoms with Crippen LogP contribution in [0.5, 0.6) is 5.75 Å². The van der Waals surface area contributed by atoms with Crippen molar-refractivity contribution in [3.63, 3.8) is 0 Å². The number of amides is 3.